The number of aliphatic hydroxyl groups excluding tert-OH is 1. The number of aliphatic carboxylic acids is 1. The summed E-state index contributed by atoms with van der Waals surface area (Å²) in [5.74, 6) is -1.58. The number of aliphatic hydroxyl groups is 1. The van der Waals surface area contributed by atoms with Crippen LogP contribution in [0.15, 0.2) is 10.3 Å². The molecule has 0 aliphatic carbocycles. The third kappa shape index (κ3) is 3.61. The van der Waals surface area contributed by atoms with E-state index in [4.69, 9.17) is 21.8 Å². The molecule has 0 aromatic carbocycles. The second kappa shape index (κ2) is 5.79. The second-order valence-corrected chi connectivity index (χ2v) is 6.77. The highest BCUT2D eigenvalue weighted by Crippen LogP contribution is 2.36. The molecule has 0 radical (unpaired) electrons. The first kappa shape index (κ1) is 15.8. The van der Waals surface area contributed by atoms with Gasteiger partial charge in [-0.3, -0.25) is 14.9 Å². The summed E-state index contributed by atoms with van der Waals surface area (Å²) < 4.78 is 24.3. The summed E-state index contributed by atoms with van der Waals surface area (Å²) in [6.45, 7) is -0.963. The van der Waals surface area contributed by atoms with Crippen molar-refractivity contribution in [3.05, 3.63) is 20.5 Å². The van der Waals surface area contributed by atoms with Crippen LogP contribution in [0.3, 0.4) is 0 Å². The summed E-state index contributed by atoms with van der Waals surface area (Å²) in [5.41, 5.74) is -0.595. The Bertz CT molecular complexity index is 611. The van der Waals surface area contributed by atoms with Crippen LogP contribution in [-0.4, -0.2) is 42.2 Å². The second-order valence-electron chi connectivity index (χ2n) is 3.18. The lowest BCUT2D eigenvalue weighted by molar-refractivity contribution is -0.384. The molecule has 1 unspecified atom stereocenters. The molecule has 19 heavy (non-hydrogen) atoms. The SMILES string of the molecule is O=C(O)C(CO)NS(=O)(=O)c1cc([N+](=O)[O-])c(Cl)s1. The van der Waals surface area contributed by atoms with Gasteiger partial charge in [0, 0.05) is 6.07 Å². The molecule has 1 atom stereocenters. The van der Waals surface area contributed by atoms with Crippen LogP contribution in [0.1, 0.15) is 0 Å². The highest BCUT2D eigenvalue weighted by Gasteiger charge is 2.29. The molecule has 0 spiro atoms. The maximum absolute atomic E-state index is 11.7. The van der Waals surface area contributed by atoms with Crippen LogP contribution >= 0.6 is 22.9 Å². The fourth-order valence-electron chi connectivity index (χ4n) is 1.01. The Morgan fingerprint density at radius 3 is 2.58 bits per heavy atom. The van der Waals surface area contributed by atoms with E-state index in [0.717, 1.165) is 0 Å². The van der Waals surface area contributed by atoms with Crippen molar-refractivity contribution in [3.8, 4) is 0 Å². The lowest BCUT2D eigenvalue weighted by atomic mass is 10.3. The van der Waals surface area contributed by atoms with E-state index in [0.29, 0.717) is 17.4 Å². The zero-order valence-corrected chi connectivity index (χ0v) is 11.3. The smallest absolute Gasteiger partial charge is 0.324 e. The van der Waals surface area contributed by atoms with Crippen molar-refractivity contribution in [2.45, 2.75) is 10.3 Å². The molecule has 1 heterocycles. The largest absolute Gasteiger partial charge is 0.480 e. The van der Waals surface area contributed by atoms with Gasteiger partial charge in [-0.15, -0.1) is 11.3 Å². The van der Waals surface area contributed by atoms with Gasteiger partial charge >= 0.3 is 5.97 Å². The number of carbonyl (C=O) groups is 1. The van der Waals surface area contributed by atoms with Crippen molar-refractivity contribution in [3.63, 3.8) is 0 Å². The first-order valence-corrected chi connectivity index (χ1v) is 7.16. The number of nitrogens with one attached hydrogen (secondary N) is 1. The molecule has 0 amide bonds. The fraction of sp³-hybridized carbons (Fsp3) is 0.286. The van der Waals surface area contributed by atoms with Gasteiger partial charge in [0.1, 0.15) is 10.3 Å². The van der Waals surface area contributed by atoms with E-state index in [2.05, 4.69) is 0 Å². The lowest BCUT2D eigenvalue weighted by Crippen LogP contribution is -2.42. The van der Waals surface area contributed by atoms with Gasteiger partial charge in [-0.2, -0.15) is 4.72 Å². The number of halogens is 1. The zero-order valence-electron chi connectivity index (χ0n) is 8.94. The molecule has 1 aromatic heterocycles. The highest BCUT2D eigenvalue weighted by molar-refractivity contribution is 7.91. The van der Waals surface area contributed by atoms with Crippen LogP contribution in [-0.2, 0) is 14.8 Å². The van der Waals surface area contributed by atoms with Gasteiger partial charge in [0.25, 0.3) is 15.7 Å². The summed E-state index contributed by atoms with van der Waals surface area (Å²) in [6.07, 6.45) is 0. The Morgan fingerprint density at radius 2 is 2.21 bits per heavy atom. The molecule has 0 fully saturated rings. The van der Waals surface area contributed by atoms with Gasteiger partial charge in [-0.25, -0.2) is 8.42 Å². The fourth-order valence-corrected chi connectivity index (χ4v) is 3.87. The molecular weight excluding hydrogens is 324 g/mol. The van der Waals surface area contributed by atoms with Crippen molar-refractivity contribution in [1.29, 1.82) is 0 Å². The van der Waals surface area contributed by atoms with Gasteiger partial charge in [0.05, 0.1) is 11.5 Å². The predicted octanol–water partition coefficient (Wildman–Crippen LogP) is 0.0335. The molecule has 9 nitrogen and oxygen atoms in total. The first-order valence-electron chi connectivity index (χ1n) is 4.48. The van der Waals surface area contributed by atoms with Crippen LogP contribution in [0.4, 0.5) is 5.69 Å². The number of carboxylic acid groups (broad SMARTS) is 1. The summed E-state index contributed by atoms with van der Waals surface area (Å²) >= 11 is 5.91. The van der Waals surface area contributed by atoms with E-state index in [1.165, 1.54) is 0 Å². The van der Waals surface area contributed by atoms with Gasteiger partial charge in [-0.1, -0.05) is 11.6 Å². The van der Waals surface area contributed by atoms with Crippen LogP contribution in [0.2, 0.25) is 4.34 Å². The Kier molecular flexibility index (Phi) is 4.81. The molecule has 0 aliphatic rings. The van der Waals surface area contributed by atoms with Crippen molar-refractivity contribution in [2.75, 3.05) is 6.61 Å². The van der Waals surface area contributed by atoms with Crippen LogP contribution in [0, 0.1) is 10.1 Å². The van der Waals surface area contributed by atoms with Crippen LogP contribution in [0.5, 0.6) is 0 Å². The number of rotatable bonds is 6. The molecule has 0 saturated heterocycles. The quantitative estimate of drug-likeness (QED) is 0.492. The van der Waals surface area contributed by atoms with E-state index >= 15 is 0 Å². The molecule has 0 aliphatic heterocycles. The summed E-state index contributed by atoms with van der Waals surface area (Å²) in [6, 6.07) is -1.03. The molecule has 0 saturated carbocycles. The molecule has 106 valence electrons. The molecular formula is C7H7ClN2O7S2. The highest BCUT2D eigenvalue weighted by atomic mass is 35.5. The van der Waals surface area contributed by atoms with Crippen LogP contribution in [0.25, 0.3) is 0 Å². The Morgan fingerprint density at radius 1 is 1.63 bits per heavy atom. The minimum absolute atomic E-state index is 0.346. The number of sulfonamides is 1. The van der Waals surface area contributed by atoms with Crippen molar-refractivity contribution in [2.24, 2.45) is 0 Å². The number of nitrogens with zero attached hydrogens (tertiary/aromatic N) is 1. The Labute approximate surface area is 115 Å². The summed E-state index contributed by atoms with van der Waals surface area (Å²) in [5, 5.41) is 27.9. The van der Waals surface area contributed by atoms with Crippen molar-refractivity contribution < 1.29 is 28.3 Å². The average molecular weight is 331 g/mol. The van der Waals surface area contributed by atoms with Gasteiger partial charge < -0.3 is 10.2 Å². The Balaban J connectivity index is 3.10. The molecule has 12 heteroatoms. The van der Waals surface area contributed by atoms with E-state index in [-0.39, 0.29) is 4.34 Å². The molecule has 1 aromatic rings. The number of hydrogen-bond acceptors (Lipinski definition) is 7. The third-order valence-electron chi connectivity index (χ3n) is 1.89. The predicted molar refractivity (Wildman–Crippen MR) is 64.8 cm³/mol. The Hall–Kier alpha value is -1.27. The van der Waals surface area contributed by atoms with Crippen LogP contribution < -0.4 is 4.72 Å². The van der Waals surface area contributed by atoms with Crippen molar-refractivity contribution >= 4 is 44.6 Å². The number of hydrogen-bond donors (Lipinski definition) is 3. The number of nitro groups is 1. The zero-order chi connectivity index (χ0) is 14.8. The molecule has 0 bridgehead atoms. The molecule has 3 N–H and O–H groups in total. The standard InChI is InChI=1S/C7H7ClN2O7S2/c8-6-4(10(14)15)1-5(18-6)19(16,17)9-3(2-11)7(12)13/h1,3,9,11H,2H2,(H,12,13). The topological polar surface area (TPSA) is 147 Å². The molecule has 1 rings (SSSR count). The maximum Gasteiger partial charge on any atom is 0.324 e. The van der Waals surface area contributed by atoms with E-state index < -0.39 is 43.5 Å². The third-order valence-corrected chi connectivity index (χ3v) is 5.17. The van der Waals surface area contributed by atoms with Gasteiger partial charge in [0.2, 0.25) is 0 Å². The van der Waals surface area contributed by atoms with E-state index in [1.807, 2.05) is 0 Å². The van der Waals surface area contributed by atoms with E-state index in [9.17, 15) is 23.3 Å². The maximum atomic E-state index is 11.7. The van der Waals surface area contributed by atoms with Gasteiger partial charge in [0.15, 0.2) is 4.34 Å². The number of carboxylic acids is 1. The van der Waals surface area contributed by atoms with Crippen molar-refractivity contribution in [1.82, 2.24) is 4.72 Å². The normalized spacial score (nSPS) is 13.2. The van der Waals surface area contributed by atoms with Gasteiger partial charge in [-0.05, 0) is 0 Å². The monoisotopic (exact) mass is 330 g/mol. The lowest BCUT2D eigenvalue weighted by Gasteiger charge is -2.10. The summed E-state index contributed by atoms with van der Waals surface area (Å²) in [7, 11) is -4.31. The van der Waals surface area contributed by atoms with E-state index in [1.54, 1.807) is 4.72 Å². The number of thiophene rings is 1. The minimum atomic E-state index is -4.31. The minimum Gasteiger partial charge on any atom is -0.480 e. The average Bonchev–Trinajstić information content (AvgIpc) is 2.68. The first-order chi connectivity index (χ1) is 8.69. The summed E-state index contributed by atoms with van der Waals surface area (Å²) in [4.78, 5) is 20.3.